The van der Waals surface area contributed by atoms with Crippen LogP contribution in [0.1, 0.15) is 29.8 Å². The monoisotopic (exact) mass is 514 g/mol. The number of benzene rings is 3. The van der Waals surface area contributed by atoms with Crippen LogP contribution in [-0.4, -0.2) is 38.3 Å². The van der Waals surface area contributed by atoms with Crippen molar-refractivity contribution in [1.29, 1.82) is 0 Å². The molecule has 0 spiro atoms. The van der Waals surface area contributed by atoms with Crippen LogP contribution in [0.25, 0.3) is 11.1 Å². The normalized spacial score (nSPS) is 14.1. The second kappa shape index (κ2) is 9.69. The standard InChI is InChI=1S/C26H24F2N2O5S/c1-15(2)24(26(32)35-3)30-14-18-12-17(6-10-21(18)25(30)31)16-4-8-20(9-5-16)29-36(33,34)23-11-7-19(27)13-22(23)28/h4-13,15,24,29H,14H2,1-3H3/t24-/m0/s1. The summed E-state index contributed by atoms with van der Waals surface area (Å²) in [6.45, 7) is 3.97. The molecule has 1 aliphatic heterocycles. The molecule has 1 aliphatic rings. The Labute approximate surface area is 207 Å². The van der Waals surface area contributed by atoms with Crippen molar-refractivity contribution in [1.82, 2.24) is 4.90 Å². The number of nitrogens with zero attached hydrogens (tertiary/aromatic N) is 1. The van der Waals surface area contributed by atoms with Crippen molar-refractivity contribution in [3.63, 3.8) is 0 Å². The van der Waals surface area contributed by atoms with E-state index in [1.54, 1.807) is 24.3 Å². The Kier molecular flexibility index (Phi) is 6.81. The third-order valence-corrected chi connectivity index (χ3v) is 7.42. The number of carbonyl (C=O) groups excluding carboxylic acids is 2. The molecule has 0 saturated heterocycles. The lowest BCUT2D eigenvalue weighted by Gasteiger charge is -2.28. The largest absolute Gasteiger partial charge is 0.467 e. The van der Waals surface area contributed by atoms with E-state index in [0.717, 1.165) is 28.8 Å². The molecule has 1 N–H and O–H groups in total. The number of hydrogen-bond acceptors (Lipinski definition) is 5. The lowest BCUT2D eigenvalue weighted by Crippen LogP contribution is -2.45. The highest BCUT2D eigenvalue weighted by molar-refractivity contribution is 7.92. The molecule has 0 radical (unpaired) electrons. The van der Waals surface area contributed by atoms with Gasteiger partial charge in [-0.05, 0) is 59.0 Å². The van der Waals surface area contributed by atoms with Gasteiger partial charge in [-0.15, -0.1) is 0 Å². The summed E-state index contributed by atoms with van der Waals surface area (Å²) in [5.74, 6) is -2.90. The Hall–Kier alpha value is -3.79. The number of sulfonamides is 1. The van der Waals surface area contributed by atoms with Crippen molar-refractivity contribution < 1.29 is 31.5 Å². The van der Waals surface area contributed by atoms with Crippen molar-refractivity contribution in [2.24, 2.45) is 5.92 Å². The van der Waals surface area contributed by atoms with Crippen molar-refractivity contribution >= 4 is 27.6 Å². The average molecular weight is 515 g/mol. The van der Waals surface area contributed by atoms with E-state index < -0.39 is 38.6 Å². The molecule has 1 atom stereocenters. The van der Waals surface area contributed by atoms with Gasteiger partial charge in [-0.25, -0.2) is 22.0 Å². The van der Waals surface area contributed by atoms with E-state index in [4.69, 9.17) is 4.74 Å². The molecule has 0 fully saturated rings. The number of halogens is 2. The van der Waals surface area contributed by atoms with Gasteiger partial charge in [-0.3, -0.25) is 9.52 Å². The van der Waals surface area contributed by atoms with Gasteiger partial charge < -0.3 is 9.64 Å². The lowest BCUT2D eigenvalue weighted by atomic mass is 10.0. The topological polar surface area (TPSA) is 92.8 Å². The van der Waals surface area contributed by atoms with Crippen LogP contribution in [0.2, 0.25) is 0 Å². The minimum absolute atomic E-state index is 0.130. The van der Waals surface area contributed by atoms with Crippen LogP contribution >= 0.6 is 0 Å². The van der Waals surface area contributed by atoms with Crippen LogP contribution in [0.3, 0.4) is 0 Å². The van der Waals surface area contributed by atoms with Gasteiger partial charge in [0, 0.05) is 23.9 Å². The van der Waals surface area contributed by atoms with Gasteiger partial charge in [0.15, 0.2) is 0 Å². The summed E-state index contributed by atoms with van der Waals surface area (Å²) in [6, 6.07) is 13.3. The summed E-state index contributed by atoms with van der Waals surface area (Å²) in [6.07, 6.45) is 0. The molecule has 4 rings (SSSR count). The maximum atomic E-state index is 13.9. The molecule has 0 aliphatic carbocycles. The van der Waals surface area contributed by atoms with Gasteiger partial charge in [-0.2, -0.15) is 0 Å². The summed E-state index contributed by atoms with van der Waals surface area (Å²) < 4.78 is 59.3. The molecule has 0 aromatic heterocycles. The minimum atomic E-state index is -4.26. The van der Waals surface area contributed by atoms with E-state index in [0.29, 0.717) is 11.6 Å². The zero-order chi connectivity index (χ0) is 26.2. The molecule has 188 valence electrons. The van der Waals surface area contributed by atoms with Crippen LogP contribution in [-0.2, 0) is 26.1 Å². The van der Waals surface area contributed by atoms with Crippen molar-refractivity contribution in [2.45, 2.75) is 31.3 Å². The molecular formula is C26H24F2N2O5S. The van der Waals surface area contributed by atoms with Crippen molar-refractivity contribution in [3.05, 3.63) is 83.4 Å². The van der Waals surface area contributed by atoms with E-state index in [1.807, 2.05) is 19.9 Å². The molecule has 7 nitrogen and oxygen atoms in total. The number of anilines is 1. The number of esters is 1. The van der Waals surface area contributed by atoms with Crippen LogP contribution in [0.4, 0.5) is 14.5 Å². The fraction of sp³-hybridized carbons (Fsp3) is 0.231. The molecule has 3 aromatic rings. The van der Waals surface area contributed by atoms with Gasteiger partial charge in [0.25, 0.3) is 15.9 Å². The number of fused-ring (bicyclic) bond motifs is 1. The lowest BCUT2D eigenvalue weighted by molar-refractivity contribution is -0.147. The molecule has 36 heavy (non-hydrogen) atoms. The fourth-order valence-corrected chi connectivity index (χ4v) is 5.38. The van der Waals surface area contributed by atoms with Crippen molar-refractivity contribution in [2.75, 3.05) is 11.8 Å². The quantitative estimate of drug-likeness (QED) is 0.466. The predicted octanol–water partition coefficient (Wildman–Crippen LogP) is 4.59. The number of hydrogen-bond donors (Lipinski definition) is 1. The number of rotatable bonds is 7. The average Bonchev–Trinajstić information content (AvgIpc) is 3.14. The Morgan fingerprint density at radius 1 is 1.00 bits per heavy atom. The SMILES string of the molecule is COC(=O)[C@H](C(C)C)N1Cc2cc(-c3ccc(NS(=O)(=O)c4ccc(F)cc4F)cc3)ccc2C1=O. The van der Waals surface area contributed by atoms with Crippen molar-refractivity contribution in [3.8, 4) is 11.1 Å². The molecular weight excluding hydrogens is 490 g/mol. The van der Waals surface area contributed by atoms with E-state index in [-0.39, 0.29) is 24.1 Å². The number of amides is 1. The summed E-state index contributed by atoms with van der Waals surface area (Å²) in [5.41, 5.74) is 3.03. The first-order valence-electron chi connectivity index (χ1n) is 11.1. The first-order valence-corrected chi connectivity index (χ1v) is 12.6. The smallest absolute Gasteiger partial charge is 0.328 e. The second-order valence-corrected chi connectivity index (χ2v) is 10.4. The fourth-order valence-electron chi connectivity index (χ4n) is 4.26. The number of methoxy groups -OCH3 is 1. The number of nitrogens with one attached hydrogen (secondary N) is 1. The zero-order valence-electron chi connectivity index (χ0n) is 19.8. The Morgan fingerprint density at radius 3 is 2.28 bits per heavy atom. The third-order valence-electron chi connectivity index (χ3n) is 6.00. The molecule has 1 amide bonds. The third kappa shape index (κ3) is 4.81. The molecule has 0 bridgehead atoms. The van der Waals surface area contributed by atoms with E-state index in [2.05, 4.69) is 4.72 Å². The summed E-state index contributed by atoms with van der Waals surface area (Å²) in [5, 5.41) is 0. The maximum Gasteiger partial charge on any atom is 0.328 e. The highest BCUT2D eigenvalue weighted by atomic mass is 32.2. The number of carbonyl (C=O) groups is 2. The minimum Gasteiger partial charge on any atom is -0.467 e. The molecule has 3 aromatic carbocycles. The highest BCUT2D eigenvalue weighted by Gasteiger charge is 2.38. The Morgan fingerprint density at radius 2 is 1.67 bits per heavy atom. The van der Waals surface area contributed by atoms with E-state index in [9.17, 15) is 26.8 Å². The Balaban J connectivity index is 1.55. The van der Waals surface area contributed by atoms with Gasteiger partial charge in [0.05, 0.1) is 7.11 Å². The van der Waals surface area contributed by atoms with Gasteiger partial charge in [-0.1, -0.05) is 32.0 Å². The molecule has 10 heteroatoms. The summed E-state index contributed by atoms with van der Waals surface area (Å²) in [7, 11) is -2.96. The first kappa shape index (κ1) is 25.3. The summed E-state index contributed by atoms with van der Waals surface area (Å²) in [4.78, 5) is 26.1. The summed E-state index contributed by atoms with van der Waals surface area (Å²) >= 11 is 0. The van der Waals surface area contributed by atoms with Crippen LogP contribution < -0.4 is 4.72 Å². The van der Waals surface area contributed by atoms with E-state index >= 15 is 0 Å². The zero-order valence-corrected chi connectivity index (χ0v) is 20.6. The second-order valence-electron chi connectivity index (χ2n) is 8.77. The van der Waals surface area contributed by atoms with Crippen LogP contribution in [0.15, 0.2) is 65.6 Å². The Bertz CT molecular complexity index is 1440. The molecule has 0 unspecified atom stereocenters. The van der Waals surface area contributed by atoms with Gasteiger partial charge >= 0.3 is 5.97 Å². The highest BCUT2D eigenvalue weighted by Crippen LogP contribution is 2.32. The predicted molar refractivity (Wildman–Crippen MR) is 130 cm³/mol. The first-order chi connectivity index (χ1) is 17.0. The van der Waals surface area contributed by atoms with Gasteiger partial charge in [0.1, 0.15) is 22.6 Å². The van der Waals surface area contributed by atoms with Crippen LogP contribution in [0.5, 0.6) is 0 Å². The maximum absolute atomic E-state index is 13.9. The van der Waals surface area contributed by atoms with Gasteiger partial charge in [0.2, 0.25) is 0 Å². The van der Waals surface area contributed by atoms with E-state index in [1.165, 1.54) is 24.1 Å². The molecule has 1 heterocycles. The molecule has 0 saturated carbocycles. The van der Waals surface area contributed by atoms with Crippen LogP contribution in [0, 0.1) is 17.6 Å². The number of ether oxygens (including phenoxy) is 1.